The van der Waals surface area contributed by atoms with Crippen LogP contribution in [0.25, 0.3) is 0 Å². The lowest BCUT2D eigenvalue weighted by atomic mass is 10.2. The molecule has 0 fully saturated rings. The van der Waals surface area contributed by atoms with Crippen molar-refractivity contribution in [1.82, 2.24) is 10.5 Å². The Morgan fingerprint density at radius 1 is 1.38 bits per heavy atom. The van der Waals surface area contributed by atoms with Crippen molar-refractivity contribution in [1.29, 1.82) is 0 Å². The van der Waals surface area contributed by atoms with Gasteiger partial charge in [-0.05, 0) is 13.0 Å². The predicted octanol–water partition coefficient (Wildman–Crippen LogP) is 2.34. The van der Waals surface area contributed by atoms with Crippen LogP contribution >= 0.6 is 0 Å². The van der Waals surface area contributed by atoms with Crippen molar-refractivity contribution in [2.75, 3.05) is 6.54 Å². The maximum Gasteiger partial charge on any atom is 0.150 e. The monoisotopic (exact) mass is 182 g/mol. The molecule has 0 unspecified atom stereocenters. The molecule has 0 aliphatic carbocycles. The van der Waals surface area contributed by atoms with Crippen LogP contribution in [-0.4, -0.2) is 11.7 Å². The standard InChI is InChI=1S/C10H18N2O/c1-2-3-4-5-7-11-9-10-6-8-12-13-10/h6,8,11H,2-5,7,9H2,1H3. The number of hydrogen-bond acceptors (Lipinski definition) is 3. The Morgan fingerprint density at radius 2 is 2.31 bits per heavy atom. The molecule has 0 aromatic carbocycles. The van der Waals surface area contributed by atoms with Gasteiger partial charge in [-0.1, -0.05) is 31.3 Å². The summed E-state index contributed by atoms with van der Waals surface area (Å²) in [6.07, 6.45) is 6.88. The van der Waals surface area contributed by atoms with Crippen LogP contribution in [0.4, 0.5) is 0 Å². The highest BCUT2D eigenvalue weighted by molar-refractivity contribution is 4.91. The first-order valence-electron chi connectivity index (χ1n) is 5.03. The van der Waals surface area contributed by atoms with Gasteiger partial charge < -0.3 is 9.84 Å². The number of nitrogens with one attached hydrogen (secondary N) is 1. The second-order valence-corrected chi connectivity index (χ2v) is 3.22. The minimum Gasteiger partial charge on any atom is -0.360 e. The quantitative estimate of drug-likeness (QED) is 0.658. The second-order valence-electron chi connectivity index (χ2n) is 3.22. The highest BCUT2D eigenvalue weighted by Gasteiger charge is 1.94. The van der Waals surface area contributed by atoms with Crippen molar-refractivity contribution in [3.63, 3.8) is 0 Å². The average Bonchev–Trinajstić information content (AvgIpc) is 2.63. The lowest BCUT2D eigenvalue weighted by molar-refractivity contribution is 0.372. The van der Waals surface area contributed by atoms with E-state index in [1.165, 1.54) is 25.7 Å². The molecule has 1 N–H and O–H groups in total. The van der Waals surface area contributed by atoms with Gasteiger partial charge in [-0.15, -0.1) is 0 Å². The SMILES string of the molecule is CCCCCCNCc1ccno1. The van der Waals surface area contributed by atoms with E-state index in [0.29, 0.717) is 0 Å². The maximum atomic E-state index is 4.95. The summed E-state index contributed by atoms with van der Waals surface area (Å²) in [4.78, 5) is 0. The summed E-state index contributed by atoms with van der Waals surface area (Å²) in [5.41, 5.74) is 0. The van der Waals surface area contributed by atoms with Crippen LogP contribution in [0.5, 0.6) is 0 Å². The fourth-order valence-corrected chi connectivity index (χ4v) is 1.22. The van der Waals surface area contributed by atoms with Gasteiger partial charge in [0, 0.05) is 6.07 Å². The molecule has 0 bridgehead atoms. The minimum absolute atomic E-state index is 0.798. The lowest BCUT2D eigenvalue weighted by Gasteiger charge is -2.00. The van der Waals surface area contributed by atoms with Crippen molar-refractivity contribution >= 4 is 0 Å². The normalized spacial score (nSPS) is 10.5. The molecule has 1 rings (SSSR count). The van der Waals surface area contributed by atoms with Gasteiger partial charge in [-0.3, -0.25) is 0 Å². The molecule has 0 atom stereocenters. The largest absolute Gasteiger partial charge is 0.360 e. The molecule has 0 radical (unpaired) electrons. The molecule has 0 aliphatic rings. The van der Waals surface area contributed by atoms with Gasteiger partial charge in [0.25, 0.3) is 0 Å². The number of unbranched alkanes of at least 4 members (excludes halogenated alkanes) is 3. The Morgan fingerprint density at radius 3 is 3.00 bits per heavy atom. The zero-order chi connectivity index (χ0) is 9.36. The topological polar surface area (TPSA) is 38.1 Å². The summed E-state index contributed by atoms with van der Waals surface area (Å²) >= 11 is 0. The van der Waals surface area contributed by atoms with Crippen LogP contribution in [0.3, 0.4) is 0 Å². The Labute approximate surface area is 79.5 Å². The van der Waals surface area contributed by atoms with E-state index in [1.54, 1.807) is 6.20 Å². The summed E-state index contributed by atoms with van der Waals surface area (Å²) < 4.78 is 4.95. The van der Waals surface area contributed by atoms with E-state index in [2.05, 4.69) is 17.4 Å². The van der Waals surface area contributed by atoms with Crippen LogP contribution in [-0.2, 0) is 6.54 Å². The third kappa shape index (κ3) is 4.68. The molecular weight excluding hydrogens is 164 g/mol. The highest BCUT2D eigenvalue weighted by Crippen LogP contribution is 1.98. The molecule has 0 saturated heterocycles. The molecule has 0 amide bonds. The van der Waals surface area contributed by atoms with E-state index >= 15 is 0 Å². The molecule has 1 aromatic heterocycles. The molecule has 3 nitrogen and oxygen atoms in total. The lowest BCUT2D eigenvalue weighted by Crippen LogP contribution is -2.14. The van der Waals surface area contributed by atoms with Crippen LogP contribution in [0.15, 0.2) is 16.8 Å². The Balaban J connectivity index is 1.90. The van der Waals surface area contributed by atoms with Crippen molar-refractivity contribution in [2.24, 2.45) is 0 Å². The first-order chi connectivity index (χ1) is 6.43. The zero-order valence-electron chi connectivity index (χ0n) is 8.25. The first-order valence-corrected chi connectivity index (χ1v) is 5.03. The van der Waals surface area contributed by atoms with Crippen molar-refractivity contribution in [3.05, 3.63) is 18.0 Å². The third-order valence-corrected chi connectivity index (χ3v) is 2.00. The van der Waals surface area contributed by atoms with Gasteiger partial charge >= 0.3 is 0 Å². The van der Waals surface area contributed by atoms with Crippen LogP contribution < -0.4 is 5.32 Å². The van der Waals surface area contributed by atoms with Gasteiger partial charge in [0.2, 0.25) is 0 Å². The molecule has 0 saturated carbocycles. The van der Waals surface area contributed by atoms with Gasteiger partial charge in [0.1, 0.15) is 5.76 Å². The Bertz CT molecular complexity index is 197. The number of nitrogens with zero attached hydrogens (tertiary/aromatic N) is 1. The molecule has 13 heavy (non-hydrogen) atoms. The van der Waals surface area contributed by atoms with Crippen LogP contribution in [0.1, 0.15) is 38.4 Å². The summed E-state index contributed by atoms with van der Waals surface area (Å²) in [6.45, 7) is 4.09. The molecule has 1 aromatic rings. The summed E-state index contributed by atoms with van der Waals surface area (Å²) in [5, 5.41) is 6.95. The molecule has 74 valence electrons. The highest BCUT2D eigenvalue weighted by atomic mass is 16.5. The first kappa shape index (κ1) is 10.3. The number of hydrogen-bond donors (Lipinski definition) is 1. The van der Waals surface area contributed by atoms with E-state index < -0.39 is 0 Å². The van der Waals surface area contributed by atoms with E-state index in [1.807, 2.05) is 6.07 Å². The smallest absolute Gasteiger partial charge is 0.150 e. The van der Waals surface area contributed by atoms with Crippen molar-refractivity contribution in [3.8, 4) is 0 Å². The van der Waals surface area contributed by atoms with Crippen LogP contribution in [0.2, 0.25) is 0 Å². The number of aromatic nitrogens is 1. The molecule has 0 spiro atoms. The van der Waals surface area contributed by atoms with Gasteiger partial charge in [0.15, 0.2) is 0 Å². The van der Waals surface area contributed by atoms with E-state index in [9.17, 15) is 0 Å². The van der Waals surface area contributed by atoms with Crippen LogP contribution in [0, 0.1) is 0 Å². The molecule has 0 aliphatic heterocycles. The van der Waals surface area contributed by atoms with E-state index in [-0.39, 0.29) is 0 Å². The average molecular weight is 182 g/mol. The maximum absolute atomic E-state index is 4.95. The summed E-state index contributed by atoms with van der Waals surface area (Å²) in [5.74, 6) is 0.912. The zero-order valence-corrected chi connectivity index (χ0v) is 8.25. The van der Waals surface area contributed by atoms with E-state index in [0.717, 1.165) is 18.8 Å². The Kier molecular flexibility index (Phi) is 5.25. The predicted molar refractivity (Wildman–Crippen MR) is 52.4 cm³/mol. The minimum atomic E-state index is 0.798. The fourth-order valence-electron chi connectivity index (χ4n) is 1.22. The summed E-state index contributed by atoms with van der Waals surface area (Å²) in [7, 11) is 0. The third-order valence-electron chi connectivity index (χ3n) is 2.00. The van der Waals surface area contributed by atoms with Crippen molar-refractivity contribution in [2.45, 2.75) is 39.2 Å². The summed E-state index contributed by atoms with van der Waals surface area (Å²) in [6, 6.07) is 1.89. The molecule has 3 heteroatoms. The van der Waals surface area contributed by atoms with E-state index in [4.69, 9.17) is 4.52 Å². The fraction of sp³-hybridized carbons (Fsp3) is 0.700. The second kappa shape index (κ2) is 6.66. The van der Waals surface area contributed by atoms with Gasteiger partial charge in [-0.25, -0.2) is 0 Å². The molecular formula is C10H18N2O. The van der Waals surface area contributed by atoms with Gasteiger partial charge in [-0.2, -0.15) is 0 Å². The number of rotatable bonds is 7. The molecule has 1 heterocycles. The Hall–Kier alpha value is -0.830. The van der Waals surface area contributed by atoms with Gasteiger partial charge in [0.05, 0.1) is 12.7 Å². The van der Waals surface area contributed by atoms with Crippen molar-refractivity contribution < 1.29 is 4.52 Å².